The average Bonchev–Trinajstić information content (AvgIpc) is 2.91. The molecule has 6 heteroatoms. The molecule has 0 heterocycles. The van der Waals surface area contributed by atoms with Crippen LogP contribution < -0.4 is 4.74 Å². The average molecular weight is 376 g/mol. The molecular weight excluding hydrogens is 354 g/mol. The van der Waals surface area contributed by atoms with E-state index in [2.05, 4.69) is 15.9 Å². The van der Waals surface area contributed by atoms with Crippen molar-refractivity contribution in [1.82, 2.24) is 4.31 Å². The monoisotopic (exact) mass is 375 g/mol. The van der Waals surface area contributed by atoms with Crippen molar-refractivity contribution in [2.24, 2.45) is 0 Å². The van der Waals surface area contributed by atoms with Crippen molar-refractivity contribution in [2.45, 2.75) is 56.5 Å². The molecule has 0 amide bonds. The van der Waals surface area contributed by atoms with E-state index < -0.39 is 10.0 Å². The zero-order valence-electron chi connectivity index (χ0n) is 12.7. The van der Waals surface area contributed by atoms with Crippen molar-refractivity contribution < 1.29 is 13.2 Å². The number of sulfonamides is 1. The Balaban J connectivity index is 2.40. The van der Waals surface area contributed by atoms with Gasteiger partial charge in [0.15, 0.2) is 0 Å². The zero-order chi connectivity index (χ0) is 15.6. The SMILES string of the molecule is COc1ccc(S(=O)(=O)N(C(C)C)C2CCCC2)cc1Br. The molecule has 1 aromatic carbocycles. The summed E-state index contributed by atoms with van der Waals surface area (Å²) in [6.45, 7) is 3.88. The molecule has 118 valence electrons. The summed E-state index contributed by atoms with van der Waals surface area (Å²) in [6, 6.07) is 5.00. The second kappa shape index (κ2) is 6.67. The number of methoxy groups -OCH3 is 1. The van der Waals surface area contributed by atoms with E-state index in [0.717, 1.165) is 25.7 Å². The summed E-state index contributed by atoms with van der Waals surface area (Å²) in [5.74, 6) is 0.630. The molecule has 4 nitrogen and oxygen atoms in total. The lowest BCUT2D eigenvalue weighted by atomic mass is 10.2. The highest BCUT2D eigenvalue weighted by Crippen LogP contribution is 2.33. The molecule has 1 aliphatic carbocycles. The van der Waals surface area contributed by atoms with Gasteiger partial charge in [0.1, 0.15) is 5.75 Å². The van der Waals surface area contributed by atoms with Crippen molar-refractivity contribution in [3.05, 3.63) is 22.7 Å². The molecule has 0 aromatic heterocycles. The third kappa shape index (κ3) is 3.43. The van der Waals surface area contributed by atoms with Gasteiger partial charge in [-0.1, -0.05) is 12.8 Å². The maximum Gasteiger partial charge on any atom is 0.243 e. The van der Waals surface area contributed by atoms with Crippen molar-refractivity contribution in [1.29, 1.82) is 0 Å². The van der Waals surface area contributed by atoms with Gasteiger partial charge in [0.25, 0.3) is 0 Å². The number of benzene rings is 1. The Labute approximate surface area is 135 Å². The summed E-state index contributed by atoms with van der Waals surface area (Å²) >= 11 is 3.36. The first-order chi connectivity index (χ1) is 9.87. The summed E-state index contributed by atoms with van der Waals surface area (Å²) in [4.78, 5) is 0.316. The van der Waals surface area contributed by atoms with Crippen LogP contribution >= 0.6 is 15.9 Å². The molecule has 0 radical (unpaired) electrons. The van der Waals surface area contributed by atoms with Crippen molar-refractivity contribution in [3.63, 3.8) is 0 Å². The fraction of sp³-hybridized carbons (Fsp3) is 0.600. The molecule has 0 spiro atoms. The Hall–Kier alpha value is -0.590. The van der Waals surface area contributed by atoms with Crippen LogP contribution in [-0.2, 0) is 10.0 Å². The molecule has 0 atom stereocenters. The zero-order valence-corrected chi connectivity index (χ0v) is 15.1. The second-order valence-electron chi connectivity index (χ2n) is 5.66. The number of hydrogen-bond donors (Lipinski definition) is 0. The third-order valence-electron chi connectivity index (χ3n) is 3.89. The Morgan fingerprint density at radius 2 is 1.90 bits per heavy atom. The number of hydrogen-bond acceptors (Lipinski definition) is 3. The first-order valence-electron chi connectivity index (χ1n) is 7.25. The fourth-order valence-electron chi connectivity index (χ4n) is 2.98. The highest BCUT2D eigenvalue weighted by atomic mass is 79.9. The van der Waals surface area contributed by atoms with E-state index in [4.69, 9.17) is 4.74 Å². The van der Waals surface area contributed by atoms with Crippen LogP contribution in [0.15, 0.2) is 27.6 Å². The lowest BCUT2D eigenvalue weighted by Gasteiger charge is -2.31. The van der Waals surface area contributed by atoms with Gasteiger partial charge in [0, 0.05) is 12.1 Å². The van der Waals surface area contributed by atoms with Gasteiger partial charge in [-0.3, -0.25) is 0 Å². The molecule has 1 aromatic rings. The molecule has 1 fully saturated rings. The van der Waals surface area contributed by atoms with Gasteiger partial charge in [-0.15, -0.1) is 0 Å². The van der Waals surface area contributed by atoms with Gasteiger partial charge >= 0.3 is 0 Å². The summed E-state index contributed by atoms with van der Waals surface area (Å²) in [6.07, 6.45) is 4.12. The number of halogens is 1. The van der Waals surface area contributed by atoms with E-state index in [0.29, 0.717) is 15.1 Å². The minimum absolute atomic E-state index is 0.0426. The van der Waals surface area contributed by atoms with Crippen LogP contribution in [0.5, 0.6) is 5.75 Å². The predicted molar refractivity (Wildman–Crippen MR) is 87.1 cm³/mol. The van der Waals surface area contributed by atoms with Crippen LogP contribution in [0.4, 0.5) is 0 Å². The van der Waals surface area contributed by atoms with Crippen molar-refractivity contribution >= 4 is 26.0 Å². The molecular formula is C15H22BrNO3S. The summed E-state index contributed by atoms with van der Waals surface area (Å²) < 4.78 is 33.4. The first kappa shape index (κ1) is 16.8. The Kier molecular flexibility index (Phi) is 5.33. The van der Waals surface area contributed by atoms with Crippen molar-refractivity contribution in [2.75, 3.05) is 7.11 Å². The standard InChI is InChI=1S/C15H22BrNO3S/c1-11(2)17(12-6-4-5-7-12)21(18,19)13-8-9-15(20-3)14(16)10-13/h8-12H,4-7H2,1-3H3. The molecule has 0 saturated heterocycles. The fourth-order valence-corrected chi connectivity index (χ4v) is 5.58. The van der Waals surface area contributed by atoms with Gasteiger partial charge in [0.2, 0.25) is 10.0 Å². The lowest BCUT2D eigenvalue weighted by molar-refractivity contribution is 0.275. The van der Waals surface area contributed by atoms with Crippen LogP contribution in [0.3, 0.4) is 0 Å². The maximum absolute atomic E-state index is 13.0. The van der Waals surface area contributed by atoms with E-state index in [1.807, 2.05) is 13.8 Å². The maximum atomic E-state index is 13.0. The summed E-state index contributed by atoms with van der Waals surface area (Å²) in [5.41, 5.74) is 0. The molecule has 0 unspecified atom stereocenters. The minimum atomic E-state index is -3.48. The third-order valence-corrected chi connectivity index (χ3v) is 6.64. The molecule has 21 heavy (non-hydrogen) atoms. The number of ether oxygens (including phenoxy) is 1. The van der Waals surface area contributed by atoms with E-state index in [1.54, 1.807) is 29.6 Å². The van der Waals surface area contributed by atoms with Crippen LogP contribution in [0.1, 0.15) is 39.5 Å². The lowest BCUT2D eigenvalue weighted by Crippen LogP contribution is -2.43. The number of rotatable bonds is 5. The van der Waals surface area contributed by atoms with Crippen LogP contribution in [0, 0.1) is 0 Å². The minimum Gasteiger partial charge on any atom is -0.496 e. The van der Waals surface area contributed by atoms with Gasteiger partial charge in [-0.2, -0.15) is 4.31 Å². The van der Waals surface area contributed by atoms with Crippen LogP contribution in [0.25, 0.3) is 0 Å². The molecule has 1 aliphatic rings. The summed E-state index contributed by atoms with van der Waals surface area (Å²) in [5, 5.41) is 0. The predicted octanol–water partition coefficient (Wildman–Crippen LogP) is 3.80. The van der Waals surface area contributed by atoms with Gasteiger partial charge in [0.05, 0.1) is 16.5 Å². The normalized spacial score (nSPS) is 16.9. The van der Waals surface area contributed by atoms with E-state index >= 15 is 0 Å². The van der Waals surface area contributed by atoms with Crippen molar-refractivity contribution in [3.8, 4) is 5.75 Å². The molecule has 2 rings (SSSR count). The summed E-state index contributed by atoms with van der Waals surface area (Å²) in [7, 11) is -1.92. The topological polar surface area (TPSA) is 46.6 Å². The van der Waals surface area contributed by atoms with E-state index in [1.165, 1.54) is 0 Å². The Morgan fingerprint density at radius 3 is 2.38 bits per heavy atom. The second-order valence-corrected chi connectivity index (χ2v) is 8.36. The van der Waals surface area contributed by atoms with E-state index in [-0.39, 0.29) is 12.1 Å². The molecule has 0 bridgehead atoms. The largest absolute Gasteiger partial charge is 0.496 e. The first-order valence-corrected chi connectivity index (χ1v) is 9.48. The van der Waals surface area contributed by atoms with Gasteiger partial charge in [-0.05, 0) is 60.8 Å². The smallest absolute Gasteiger partial charge is 0.243 e. The van der Waals surface area contributed by atoms with Crippen LogP contribution in [-0.4, -0.2) is 31.9 Å². The quantitative estimate of drug-likeness (QED) is 0.785. The Morgan fingerprint density at radius 1 is 1.29 bits per heavy atom. The van der Waals surface area contributed by atoms with E-state index in [9.17, 15) is 8.42 Å². The molecule has 0 N–H and O–H groups in total. The van der Waals surface area contributed by atoms with Crippen LogP contribution in [0.2, 0.25) is 0 Å². The number of nitrogens with zero attached hydrogens (tertiary/aromatic N) is 1. The molecule has 1 saturated carbocycles. The highest BCUT2D eigenvalue weighted by molar-refractivity contribution is 9.10. The highest BCUT2D eigenvalue weighted by Gasteiger charge is 2.35. The van der Waals surface area contributed by atoms with Gasteiger partial charge in [-0.25, -0.2) is 8.42 Å². The Bertz CT molecular complexity index is 595. The van der Waals surface area contributed by atoms with Gasteiger partial charge < -0.3 is 4.74 Å². The molecule has 0 aliphatic heterocycles.